The molecule has 0 saturated carbocycles. The molecule has 0 aliphatic rings. The summed E-state index contributed by atoms with van der Waals surface area (Å²) in [6.45, 7) is 0. The lowest BCUT2D eigenvalue weighted by atomic mass is 10.2. The molecule has 20 heavy (non-hydrogen) atoms. The number of carbonyl (C=O) groups is 1. The molecule has 102 valence electrons. The number of hydrogen-bond donors (Lipinski definition) is 1. The van der Waals surface area contributed by atoms with E-state index in [1.165, 1.54) is 18.2 Å². The Kier molecular flexibility index (Phi) is 4.26. The van der Waals surface area contributed by atoms with Crippen molar-refractivity contribution in [3.05, 3.63) is 63.2 Å². The Morgan fingerprint density at radius 1 is 1.25 bits per heavy atom. The summed E-state index contributed by atoms with van der Waals surface area (Å²) in [5, 5.41) is 20.0. The molecule has 1 N–H and O–H groups in total. The van der Waals surface area contributed by atoms with Gasteiger partial charge in [-0.25, -0.2) is 4.79 Å². The Morgan fingerprint density at radius 2 is 1.95 bits per heavy atom. The maximum atomic E-state index is 11.0. The quantitative estimate of drug-likeness (QED) is 0.679. The third-order valence-corrected chi connectivity index (χ3v) is 3.79. The van der Waals surface area contributed by atoms with Crippen LogP contribution in [0.25, 0.3) is 0 Å². The lowest BCUT2D eigenvalue weighted by Gasteiger charge is -2.05. The van der Waals surface area contributed by atoms with Gasteiger partial charge in [-0.15, -0.1) is 0 Å². The van der Waals surface area contributed by atoms with E-state index >= 15 is 0 Å². The van der Waals surface area contributed by atoms with E-state index in [0.717, 1.165) is 11.8 Å². The van der Waals surface area contributed by atoms with E-state index in [1.54, 1.807) is 24.3 Å². The van der Waals surface area contributed by atoms with Crippen LogP contribution in [0.4, 0.5) is 5.69 Å². The summed E-state index contributed by atoms with van der Waals surface area (Å²) in [6.07, 6.45) is 0. The third-order valence-electron chi connectivity index (χ3n) is 2.44. The number of nitro benzene ring substituents is 1. The highest BCUT2D eigenvalue weighted by atomic mass is 35.5. The SMILES string of the molecule is O=C(O)c1cccc(Sc2cccc(Cl)c2[N+](=O)[O-])c1. The Morgan fingerprint density at radius 3 is 2.60 bits per heavy atom. The maximum Gasteiger partial charge on any atom is 0.335 e. The summed E-state index contributed by atoms with van der Waals surface area (Å²) >= 11 is 6.92. The van der Waals surface area contributed by atoms with Crippen molar-refractivity contribution >= 4 is 35.0 Å². The largest absolute Gasteiger partial charge is 0.478 e. The molecule has 7 heteroatoms. The molecule has 0 aliphatic heterocycles. The lowest BCUT2D eigenvalue weighted by molar-refractivity contribution is -0.387. The summed E-state index contributed by atoms with van der Waals surface area (Å²) < 4.78 is 0. The number of hydrogen-bond acceptors (Lipinski definition) is 4. The van der Waals surface area contributed by atoms with Crippen LogP contribution < -0.4 is 0 Å². The molecule has 0 aromatic heterocycles. The fourth-order valence-corrected chi connectivity index (χ4v) is 2.89. The molecule has 0 heterocycles. The van der Waals surface area contributed by atoms with Crippen LogP contribution in [0.2, 0.25) is 5.02 Å². The van der Waals surface area contributed by atoms with Crippen LogP contribution in [-0.4, -0.2) is 16.0 Å². The average Bonchev–Trinajstić information content (AvgIpc) is 2.38. The zero-order valence-corrected chi connectivity index (χ0v) is 11.5. The number of rotatable bonds is 4. The highest BCUT2D eigenvalue weighted by molar-refractivity contribution is 7.99. The van der Waals surface area contributed by atoms with Gasteiger partial charge in [0, 0.05) is 4.90 Å². The average molecular weight is 310 g/mol. The number of para-hydroxylation sites is 1. The molecule has 2 aromatic carbocycles. The summed E-state index contributed by atoms with van der Waals surface area (Å²) in [4.78, 5) is 22.3. The van der Waals surface area contributed by atoms with Crippen molar-refractivity contribution in [2.24, 2.45) is 0 Å². The molecule has 0 spiro atoms. The minimum absolute atomic E-state index is 0.0504. The van der Waals surface area contributed by atoms with Crippen molar-refractivity contribution in [2.75, 3.05) is 0 Å². The molecule has 2 aromatic rings. The molecular weight excluding hydrogens is 302 g/mol. The number of nitrogens with zero attached hydrogens (tertiary/aromatic N) is 1. The monoisotopic (exact) mass is 309 g/mol. The molecule has 0 atom stereocenters. The van der Waals surface area contributed by atoms with Crippen molar-refractivity contribution in [3.8, 4) is 0 Å². The molecule has 0 fully saturated rings. The fraction of sp³-hybridized carbons (Fsp3) is 0. The topological polar surface area (TPSA) is 80.4 Å². The fourth-order valence-electron chi connectivity index (χ4n) is 1.57. The first-order valence-corrected chi connectivity index (χ1v) is 6.62. The van der Waals surface area contributed by atoms with Gasteiger partial charge in [0.1, 0.15) is 5.02 Å². The van der Waals surface area contributed by atoms with Gasteiger partial charge in [-0.2, -0.15) is 0 Å². The van der Waals surface area contributed by atoms with Crippen molar-refractivity contribution in [1.82, 2.24) is 0 Å². The van der Waals surface area contributed by atoms with Gasteiger partial charge in [0.25, 0.3) is 0 Å². The van der Waals surface area contributed by atoms with Gasteiger partial charge < -0.3 is 5.11 Å². The van der Waals surface area contributed by atoms with Gasteiger partial charge in [-0.1, -0.05) is 35.5 Å². The second kappa shape index (κ2) is 5.94. The molecule has 5 nitrogen and oxygen atoms in total. The highest BCUT2D eigenvalue weighted by Crippen LogP contribution is 2.38. The van der Waals surface area contributed by atoms with E-state index in [1.807, 2.05) is 0 Å². The van der Waals surface area contributed by atoms with Crippen molar-refractivity contribution < 1.29 is 14.8 Å². The zero-order valence-electron chi connectivity index (χ0n) is 9.95. The first kappa shape index (κ1) is 14.4. The molecule has 0 saturated heterocycles. The van der Waals surface area contributed by atoms with Crippen molar-refractivity contribution in [1.29, 1.82) is 0 Å². The molecule has 0 radical (unpaired) electrons. The highest BCUT2D eigenvalue weighted by Gasteiger charge is 2.19. The molecule has 2 rings (SSSR count). The van der Waals surface area contributed by atoms with Gasteiger partial charge in [0.2, 0.25) is 0 Å². The summed E-state index contributed by atoms with van der Waals surface area (Å²) in [5.41, 5.74) is -0.0559. The van der Waals surface area contributed by atoms with Crippen LogP contribution >= 0.6 is 23.4 Å². The van der Waals surface area contributed by atoms with E-state index in [-0.39, 0.29) is 16.3 Å². The second-order valence-corrected chi connectivity index (χ2v) is 5.30. The molecule has 0 unspecified atom stereocenters. The maximum absolute atomic E-state index is 11.0. The van der Waals surface area contributed by atoms with Crippen molar-refractivity contribution in [3.63, 3.8) is 0 Å². The van der Waals surface area contributed by atoms with E-state index in [9.17, 15) is 14.9 Å². The molecule has 0 aliphatic carbocycles. The Bertz CT molecular complexity index is 690. The van der Waals surface area contributed by atoms with Gasteiger partial charge in [0.05, 0.1) is 15.4 Å². The Hall–Kier alpha value is -2.05. The van der Waals surface area contributed by atoms with Gasteiger partial charge in [0.15, 0.2) is 0 Å². The molecular formula is C13H8ClNO4S. The zero-order chi connectivity index (χ0) is 14.7. The van der Waals surface area contributed by atoms with E-state index in [4.69, 9.17) is 16.7 Å². The van der Waals surface area contributed by atoms with E-state index in [2.05, 4.69) is 0 Å². The Labute approximate surface area is 123 Å². The van der Waals surface area contributed by atoms with Gasteiger partial charge in [-0.05, 0) is 30.3 Å². The number of carboxylic acids is 1. The van der Waals surface area contributed by atoms with Crippen LogP contribution in [0.5, 0.6) is 0 Å². The van der Waals surface area contributed by atoms with Gasteiger partial charge >= 0.3 is 11.7 Å². The third kappa shape index (κ3) is 3.09. The predicted octanol–water partition coefficient (Wildman–Crippen LogP) is 4.10. The number of benzene rings is 2. The van der Waals surface area contributed by atoms with E-state index in [0.29, 0.717) is 9.79 Å². The smallest absolute Gasteiger partial charge is 0.335 e. The lowest BCUT2D eigenvalue weighted by Crippen LogP contribution is -1.95. The number of aromatic carboxylic acids is 1. The first-order chi connectivity index (χ1) is 9.49. The Balaban J connectivity index is 2.40. The van der Waals surface area contributed by atoms with Crippen LogP contribution in [0.1, 0.15) is 10.4 Å². The summed E-state index contributed by atoms with van der Waals surface area (Å²) in [7, 11) is 0. The van der Waals surface area contributed by atoms with E-state index < -0.39 is 10.9 Å². The standard InChI is InChI=1S/C13H8ClNO4S/c14-10-5-2-6-11(12(10)15(18)19)20-9-4-1-3-8(7-9)13(16)17/h1-7H,(H,16,17). The van der Waals surface area contributed by atoms with Crippen molar-refractivity contribution in [2.45, 2.75) is 9.79 Å². The minimum atomic E-state index is -1.05. The minimum Gasteiger partial charge on any atom is -0.478 e. The van der Waals surface area contributed by atoms with Crippen LogP contribution in [0, 0.1) is 10.1 Å². The summed E-state index contributed by atoms with van der Waals surface area (Å²) in [6, 6.07) is 10.8. The van der Waals surface area contributed by atoms with Crippen LogP contribution in [0.15, 0.2) is 52.3 Å². The molecule has 0 bridgehead atoms. The summed E-state index contributed by atoms with van der Waals surface area (Å²) in [5.74, 6) is -1.05. The second-order valence-electron chi connectivity index (χ2n) is 3.78. The van der Waals surface area contributed by atoms with Crippen LogP contribution in [-0.2, 0) is 0 Å². The van der Waals surface area contributed by atoms with Gasteiger partial charge in [-0.3, -0.25) is 10.1 Å². The normalized spacial score (nSPS) is 10.2. The number of nitro groups is 1. The number of halogens is 1. The van der Waals surface area contributed by atoms with Crippen LogP contribution in [0.3, 0.4) is 0 Å². The predicted molar refractivity (Wildman–Crippen MR) is 75.6 cm³/mol. The number of carboxylic acid groups (broad SMARTS) is 1. The first-order valence-electron chi connectivity index (χ1n) is 5.43. The molecule has 0 amide bonds.